The molecule has 1 aliphatic heterocycles. The standard InChI is InChI=1S/C16H19BrFN3O2/c1-4-21(5-2)15(22)13-9(3)19-16(23)20-14(13)10-6-7-12(18)11(17)8-10/h6-8,14H,4-5H2,1-3H3,(H2,19,20,23)/t14-/m1/s1. The molecular formula is C16H19BrFN3O2. The van der Waals surface area contributed by atoms with E-state index in [1.807, 2.05) is 13.8 Å². The summed E-state index contributed by atoms with van der Waals surface area (Å²) in [5, 5.41) is 5.38. The molecule has 0 aromatic heterocycles. The van der Waals surface area contributed by atoms with E-state index in [1.54, 1.807) is 24.0 Å². The first-order valence-electron chi connectivity index (χ1n) is 7.41. The number of allylic oxidation sites excluding steroid dienone is 1. The molecule has 23 heavy (non-hydrogen) atoms. The van der Waals surface area contributed by atoms with Crippen molar-refractivity contribution in [1.29, 1.82) is 0 Å². The Morgan fingerprint density at radius 2 is 2.00 bits per heavy atom. The molecule has 0 saturated heterocycles. The molecule has 3 amide bonds. The fourth-order valence-corrected chi connectivity index (χ4v) is 3.00. The maximum absolute atomic E-state index is 13.5. The highest BCUT2D eigenvalue weighted by atomic mass is 79.9. The summed E-state index contributed by atoms with van der Waals surface area (Å²) < 4.78 is 13.8. The fourth-order valence-electron chi connectivity index (χ4n) is 2.60. The number of amides is 3. The quantitative estimate of drug-likeness (QED) is 0.838. The van der Waals surface area contributed by atoms with E-state index in [1.165, 1.54) is 6.07 Å². The SMILES string of the molecule is CCN(CC)C(=O)C1=C(C)NC(=O)N[C@@H]1c1ccc(F)c(Br)c1. The largest absolute Gasteiger partial charge is 0.339 e. The van der Waals surface area contributed by atoms with Crippen LogP contribution in [0.1, 0.15) is 32.4 Å². The minimum Gasteiger partial charge on any atom is -0.339 e. The Morgan fingerprint density at radius 3 is 2.57 bits per heavy atom. The maximum Gasteiger partial charge on any atom is 0.319 e. The zero-order valence-corrected chi connectivity index (χ0v) is 14.8. The molecule has 0 unspecified atom stereocenters. The third-order valence-corrected chi connectivity index (χ3v) is 4.43. The average Bonchev–Trinajstić information content (AvgIpc) is 2.50. The minimum absolute atomic E-state index is 0.148. The van der Waals surface area contributed by atoms with Crippen molar-refractivity contribution in [2.45, 2.75) is 26.8 Å². The fraction of sp³-hybridized carbons (Fsp3) is 0.375. The monoisotopic (exact) mass is 383 g/mol. The van der Waals surface area contributed by atoms with Gasteiger partial charge in [-0.1, -0.05) is 6.07 Å². The second kappa shape index (κ2) is 7.12. The van der Waals surface area contributed by atoms with Gasteiger partial charge in [0.25, 0.3) is 5.91 Å². The number of urea groups is 1. The van der Waals surface area contributed by atoms with E-state index in [2.05, 4.69) is 26.6 Å². The molecule has 0 radical (unpaired) electrons. The summed E-state index contributed by atoms with van der Waals surface area (Å²) in [6, 6.07) is 3.45. The number of halogens is 2. The summed E-state index contributed by atoms with van der Waals surface area (Å²) >= 11 is 3.14. The van der Waals surface area contributed by atoms with Gasteiger partial charge in [0.1, 0.15) is 5.82 Å². The van der Waals surface area contributed by atoms with E-state index >= 15 is 0 Å². The van der Waals surface area contributed by atoms with E-state index in [9.17, 15) is 14.0 Å². The van der Waals surface area contributed by atoms with Crippen LogP contribution in [0.25, 0.3) is 0 Å². The molecule has 0 spiro atoms. The molecule has 5 nitrogen and oxygen atoms in total. The number of nitrogens with zero attached hydrogens (tertiary/aromatic N) is 1. The van der Waals surface area contributed by atoms with Gasteiger partial charge in [-0.2, -0.15) is 0 Å². The molecule has 1 aromatic carbocycles. The lowest BCUT2D eigenvalue weighted by Gasteiger charge is -2.31. The molecule has 0 fully saturated rings. The van der Waals surface area contributed by atoms with Gasteiger partial charge in [0.2, 0.25) is 0 Å². The smallest absolute Gasteiger partial charge is 0.319 e. The second-order valence-corrected chi connectivity index (χ2v) is 6.08. The van der Waals surface area contributed by atoms with Gasteiger partial charge in [-0.3, -0.25) is 4.79 Å². The number of nitrogens with one attached hydrogen (secondary N) is 2. The number of benzene rings is 1. The van der Waals surface area contributed by atoms with Crippen molar-refractivity contribution in [3.63, 3.8) is 0 Å². The summed E-state index contributed by atoms with van der Waals surface area (Å²) in [5.74, 6) is -0.545. The van der Waals surface area contributed by atoms with Crippen LogP contribution in [0.15, 0.2) is 33.9 Å². The van der Waals surface area contributed by atoms with Gasteiger partial charge < -0.3 is 15.5 Å². The third kappa shape index (κ3) is 3.55. The van der Waals surface area contributed by atoms with Crippen molar-refractivity contribution in [2.24, 2.45) is 0 Å². The van der Waals surface area contributed by atoms with Gasteiger partial charge >= 0.3 is 6.03 Å². The van der Waals surface area contributed by atoms with Crippen LogP contribution >= 0.6 is 15.9 Å². The predicted octanol–water partition coefficient (Wildman–Crippen LogP) is 3.08. The van der Waals surface area contributed by atoms with Gasteiger partial charge in [0, 0.05) is 18.8 Å². The minimum atomic E-state index is -0.617. The first-order chi connectivity index (χ1) is 10.9. The van der Waals surface area contributed by atoms with Crippen LogP contribution in [-0.4, -0.2) is 29.9 Å². The predicted molar refractivity (Wildman–Crippen MR) is 89.1 cm³/mol. The van der Waals surface area contributed by atoms with Crippen LogP contribution in [0.2, 0.25) is 0 Å². The normalized spacial score (nSPS) is 17.6. The number of hydrogen-bond donors (Lipinski definition) is 2. The molecule has 0 aliphatic carbocycles. The molecule has 1 aromatic rings. The Morgan fingerprint density at radius 1 is 1.35 bits per heavy atom. The van der Waals surface area contributed by atoms with Crippen molar-refractivity contribution in [3.8, 4) is 0 Å². The van der Waals surface area contributed by atoms with E-state index in [4.69, 9.17) is 0 Å². The van der Waals surface area contributed by atoms with Crippen molar-refractivity contribution < 1.29 is 14.0 Å². The van der Waals surface area contributed by atoms with Gasteiger partial charge in [-0.25, -0.2) is 9.18 Å². The number of carbonyl (C=O) groups excluding carboxylic acids is 2. The van der Waals surface area contributed by atoms with E-state index in [0.29, 0.717) is 29.9 Å². The molecule has 1 aliphatic rings. The molecule has 124 valence electrons. The van der Waals surface area contributed by atoms with Crippen molar-refractivity contribution in [1.82, 2.24) is 15.5 Å². The average molecular weight is 384 g/mol. The Bertz CT molecular complexity index is 671. The van der Waals surface area contributed by atoms with Crippen LogP contribution in [-0.2, 0) is 4.79 Å². The summed E-state index contributed by atoms with van der Waals surface area (Å²) in [7, 11) is 0. The van der Waals surface area contributed by atoms with Gasteiger partial charge in [-0.05, 0) is 54.4 Å². The van der Waals surface area contributed by atoms with Crippen LogP contribution in [0, 0.1) is 5.82 Å². The lowest BCUT2D eigenvalue weighted by Crippen LogP contribution is -2.47. The number of carbonyl (C=O) groups is 2. The van der Waals surface area contributed by atoms with Crippen molar-refractivity contribution in [3.05, 3.63) is 45.3 Å². The van der Waals surface area contributed by atoms with Crippen molar-refractivity contribution >= 4 is 27.9 Å². The second-order valence-electron chi connectivity index (χ2n) is 5.22. The third-order valence-electron chi connectivity index (χ3n) is 3.83. The van der Waals surface area contributed by atoms with Crippen LogP contribution < -0.4 is 10.6 Å². The number of likely N-dealkylation sites (N-methyl/N-ethyl adjacent to an activating group) is 1. The molecule has 7 heteroatoms. The van der Waals surface area contributed by atoms with E-state index in [-0.39, 0.29) is 16.4 Å². The maximum atomic E-state index is 13.5. The highest BCUT2D eigenvalue weighted by Crippen LogP contribution is 2.30. The molecule has 0 bridgehead atoms. The van der Waals surface area contributed by atoms with Crippen LogP contribution in [0.3, 0.4) is 0 Å². The number of hydrogen-bond acceptors (Lipinski definition) is 2. The number of rotatable bonds is 4. The lowest BCUT2D eigenvalue weighted by atomic mass is 9.94. The Labute approximate surface area is 143 Å². The van der Waals surface area contributed by atoms with E-state index < -0.39 is 11.9 Å². The first-order valence-corrected chi connectivity index (χ1v) is 8.20. The zero-order valence-electron chi connectivity index (χ0n) is 13.2. The summed E-state index contributed by atoms with van der Waals surface area (Å²) in [4.78, 5) is 26.3. The molecule has 2 rings (SSSR count). The summed E-state index contributed by atoms with van der Waals surface area (Å²) in [6.07, 6.45) is 0. The topological polar surface area (TPSA) is 61.4 Å². The molecule has 1 atom stereocenters. The van der Waals surface area contributed by atoms with Gasteiger partial charge in [0.15, 0.2) is 0 Å². The highest BCUT2D eigenvalue weighted by Gasteiger charge is 2.33. The first kappa shape index (κ1) is 17.5. The van der Waals surface area contributed by atoms with Crippen molar-refractivity contribution in [2.75, 3.05) is 13.1 Å². The Hall–Kier alpha value is -1.89. The molecular weight excluding hydrogens is 365 g/mol. The van der Waals surface area contributed by atoms with Gasteiger partial charge in [-0.15, -0.1) is 0 Å². The van der Waals surface area contributed by atoms with Crippen LogP contribution in [0.5, 0.6) is 0 Å². The Kier molecular flexibility index (Phi) is 5.41. The Balaban J connectivity index is 2.49. The zero-order chi connectivity index (χ0) is 17.1. The lowest BCUT2D eigenvalue weighted by molar-refractivity contribution is -0.127. The molecule has 1 heterocycles. The van der Waals surface area contributed by atoms with Gasteiger partial charge in [0.05, 0.1) is 16.1 Å². The summed E-state index contributed by atoms with van der Waals surface area (Å²) in [5.41, 5.74) is 1.62. The molecule has 2 N–H and O–H groups in total. The van der Waals surface area contributed by atoms with E-state index in [0.717, 1.165) is 0 Å². The summed E-state index contributed by atoms with van der Waals surface area (Å²) in [6.45, 7) is 6.63. The van der Waals surface area contributed by atoms with Crippen LogP contribution in [0.4, 0.5) is 9.18 Å². The highest BCUT2D eigenvalue weighted by molar-refractivity contribution is 9.10. The molecule has 0 saturated carbocycles.